The second-order valence-corrected chi connectivity index (χ2v) is 8.30. The highest BCUT2D eigenvalue weighted by Gasteiger charge is 2.09. The summed E-state index contributed by atoms with van der Waals surface area (Å²) in [7, 11) is 4.30. The van der Waals surface area contributed by atoms with Gasteiger partial charge < -0.3 is 20.3 Å². The van der Waals surface area contributed by atoms with Gasteiger partial charge in [-0.15, -0.1) is 0 Å². The Hall–Kier alpha value is -3.78. The molecule has 0 radical (unpaired) electrons. The molecule has 8 heteroatoms. The first-order valence-electron chi connectivity index (χ1n) is 14.1. The van der Waals surface area contributed by atoms with Crippen molar-refractivity contribution in [2.24, 2.45) is 4.99 Å². The SMILES string of the molecule is C=C(CC=CC(=NC)N(CC)CCNC)c1nc2c([nH]1)C=CCC=C2.CC.CCC(=O)O.CF.Cc1ccccc1. The molecule has 41 heavy (non-hydrogen) atoms. The number of aliphatic carboxylic acids is 1. The molecule has 7 nitrogen and oxygen atoms in total. The van der Waals surface area contributed by atoms with Crippen LogP contribution in [0.2, 0.25) is 0 Å². The number of nitrogens with one attached hydrogen (secondary N) is 2. The predicted molar refractivity (Wildman–Crippen MR) is 176 cm³/mol. The van der Waals surface area contributed by atoms with Crippen LogP contribution in [-0.2, 0) is 4.79 Å². The summed E-state index contributed by atoms with van der Waals surface area (Å²) in [5, 5.41) is 10.9. The van der Waals surface area contributed by atoms with Gasteiger partial charge in [0.25, 0.3) is 0 Å². The number of imidazole rings is 1. The second-order valence-electron chi connectivity index (χ2n) is 8.30. The van der Waals surface area contributed by atoms with Crippen molar-refractivity contribution in [3.05, 3.63) is 84.0 Å². The van der Waals surface area contributed by atoms with Gasteiger partial charge in [0.05, 0.1) is 18.6 Å². The van der Waals surface area contributed by atoms with Crippen molar-refractivity contribution >= 4 is 29.5 Å². The Morgan fingerprint density at radius 1 is 1.20 bits per heavy atom. The molecule has 0 spiro atoms. The van der Waals surface area contributed by atoms with Crippen LogP contribution in [0.25, 0.3) is 17.7 Å². The number of carbonyl (C=O) groups is 1. The minimum absolute atomic E-state index is 0.222. The van der Waals surface area contributed by atoms with Gasteiger partial charge in [0.1, 0.15) is 11.7 Å². The first-order valence-corrected chi connectivity index (χ1v) is 14.1. The number of hydrogen-bond acceptors (Lipinski definition) is 4. The van der Waals surface area contributed by atoms with E-state index in [0.29, 0.717) is 7.18 Å². The molecule has 0 aliphatic heterocycles. The number of carboxylic acid groups (broad SMARTS) is 1. The fourth-order valence-electron chi connectivity index (χ4n) is 3.21. The number of hydrogen-bond donors (Lipinski definition) is 3. The van der Waals surface area contributed by atoms with E-state index in [0.717, 1.165) is 61.1 Å². The van der Waals surface area contributed by atoms with Gasteiger partial charge in [-0.2, -0.15) is 0 Å². The van der Waals surface area contributed by atoms with Gasteiger partial charge in [-0.25, -0.2) is 4.98 Å². The molecule has 228 valence electrons. The third-order valence-electron chi connectivity index (χ3n) is 5.37. The van der Waals surface area contributed by atoms with Crippen molar-refractivity contribution in [1.82, 2.24) is 20.2 Å². The number of alkyl halides is 1. The van der Waals surface area contributed by atoms with E-state index in [1.807, 2.05) is 46.1 Å². The summed E-state index contributed by atoms with van der Waals surface area (Å²) < 4.78 is 9.50. The number of allylic oxidation sites excluding steroid dienone is 4. The van der Waals surface area contributed by atoms with Gasteiger partial charge in [0.2, 0.25) is 0 Å². The summed E-state index contributed by atoms with van der Waals surface area (Å²) in [5.41, 5.74) is 4.32. The Morgan fingerprint density at radius 2 is 1.80 bits per heavy atom. The Bertz CT molecular complexity index is 1040. The molecule has 0 atom stereocenters. The lowest BCUT2D eigenvalue weighted by Crippen LogP contribution is -2.35. The summed E-state index contributed by atoms with van der Waals surface area (Å²) in [5.74, 6) is 1.10. The number of benzene rings is 1. The van der Waals surface area contributed by atoms with E-state index < -0.39 is 5.97 Å². The first-order chi connectivity index (χ1) is 19.9. The summed E-state index contributed by atoms with van der Waals surface area (Å²) in [6.07, 6.45) is 14.5. The lowest BCUT2D eigenvalue weighted by molar-refractivity contribution is -0.136. The maximum Gasteiger partial charge on any atom is 0.303 e. The van der Waals surface area contributed by atoms with Crippen LogP contribution >= 0.6 is 0 Å². The highest BCUT2D eigenvalue weighted by atomic mass is 19.1. The summed E-state index contributed by atoms with van der Waals surface area (Å²) in [4.78, 5) is 24.0. The molecule has 0 saturated carbocycles. The number of aliphatic imine (C=N–C) groups is 1. The smallest absolute Gasteiger partial charge is 0.303 e. The Morgan fingerprint density at radius 3 is 2.29 bits per heavy atom. The first kappa shape index (κ1) is 39.4. The van der Waals surface area contributed by atoms with Crippen molar-refractivity contribution < 1.29 is 14.3 Å². The average Bonchev–Trinajstić information content (AvgIpc) is 3.29. The molecule has 0 fully saturated rings. The van der Waals surface area contributed by atoms with Crippen LogP contribution in [-0.4, -0.2) is 72.7 Å². The number of H-pyrrole nitrogens is 1. The van der Waals surface area contributed by atoms with Crippen molar-refractivity contribution in [1.29, 1.82) is 0 Å². The van der Waals surface area contributed by atoms with Crippen LogP contribution < -0.4 is 5.32 Å². The molecular weight excluding hydrogens is 517 g/mol. The van der Waals surface area contributed by atoms with Gasteiger partial charge in [0.15, 0.2) is 0 Å². The third kappa shape index (κ3) is 18.2. The number of nitrogens with zero attached hydrogens (tertiary/aromatic N) is 3. The minimum atomic E-state index is -0.745. The number of amidine groups is 1. The molecule has 0 amide bonds. The van der Waals surface area contributed by atoms with Crippen LogP contribution in [0.4, 0.5) is 4.39 Å². The normalized spacial score (nSPS) is 11.2. The minimum Gasteiger partial charge on any atom is -0.481 e. The van der Waals surface area contributed by atoms with Crippen LogP contribution in [0.3, 0.4) is 0 Å². The van der Waals surface area contributed by atoms with Crippen LogP contribution in [0.5, 0.6) is 0 Å². The standard InChI is InChI=1S/C20H29N5.C7H8.C3H6O2.C2H6.CH3F/c1-5-25(15-14-21-3)19(22-4)13-9-10-16(2)20-23-17-11-7-6-8-12-18(17)24-20;1-7-5-3-2-4-6-7;1-2-3(4)5;2*1-2/h7-9,11-13,21H,2,5-6,10,14-15H2,1,3-4H3,(H,23,24);2-6H,1H3;2H2,1H3,(H,4,5);1-2H3;1H3. The Balaban J connectivity index is 0. The number of carboxylic acids is 1. The number of rotatable bonds is 9. The van der Waals surface area contributed by atoms with Gasteiger partial charge in [-0.3, -0.25) is 14.2 Å². The largest absolute Gasteiger partial charge is 0.481 e. The van der Waals surface area contributed by atoms with Crippen molar-refractivity contribution in [2.45, 2.75) is 53.9 Å². The summed E-state index contributed by atoms with van der Waals surface area (Å²) in [6, 6.07) is 10.3. The highest BCUT2D eigenvalue weighted by molar-refractivity contribution is 5.93. The molecule has 1 aliphatic rings. The highest BCUT2D eigenvalue weighted by Crippen LogP contribution is 2.20. The van der Waals surface area contributed by atoms with Gasteiger partial charge in [0, 0.05) is 33.1 Å². The lowest BCUT2D eigenvalue weighted by atomic mass is 10.2. The average molecular weight is 570 g/mol. The van der Waals surface area contributed by atoms with Crippen LogP contribution in [0.15, 0.2) is 66.2 Å². The molecule has 1 heterocycles. The number of aromatic amines is 1. The molecule has 1 aliphatic carbocycles. The third-order valence-corrected chi connectivity index (χ3v) is 5.37. The van der Waals surface area contributed by atoms with E-state index in [2.05, 4.69) is 94.2 Å². The molecule has 0 bridgehead atoms. The summed E-state index contributed by atoms with van der Waals surface area (Å²) >= 11 is 0. The number of likely N-dealkylation sites (N-methyl/N-ethyl adjacent to an activating group) is 2. The predicted octanol–water partition coefficient (Wildman–Crippen LogP) is 7.46. The monoisotopic (exact) mass is 569 g/mol. The maximum absolute atomic E-state index is 9.50. The lowest BCUT2D eigenvalue weighted by Gasteiger charge is -2.22. The number of fused-ring (bicyclic) bond motifs is 1. The van der Waals surface area contributed by atoms with E-state index in [1.165, 1.54) is 5.56 Å². The quantitative estimate of drug-likeness (QED) is 0.215. The zero-order chi connectivity index (χ0) is 31.5. The number of aromatic nitrogens is 2. The van der Waals surface area contributed by atoms with Gasteiger partial charge in [-0.05, 0) is 57.5 Å². The van der Waals surface area contributed by atoms with Crippen LogP contribution in [0, 0.1) is 6.92 Å². The maximum atomic E-state index is 9.50. The Labute approximate surface area is 247 Å². The Kier molecular flexibility index (Phi) is 25.4. The van der Waals surface area contributed by atoms with E-state index >= 15 is 0 Å². The zero-order valence-electron chi connectivity index (χ0n) is 26.4. The van der Waals surface area contributed by atoms with Gasteiger partial charge in [-0.1, -0.05) is 81.5 Å². The van der Waals surface area contributed by atoms with Crippen molar-refractivity contribution in [3.63, 3.8) is 0 Å². The molecular formula is C33H52FN5O2. The van der Waals surface area contributed by atoms with Crippen molar-refractivity contribution in [2.75, 3.05) is 40.9 Å². The van der Waals surface area contributed by atoms with E-state index in [1.54, 1.807) is 6.92 Å². The van der Waals surface area contributed by atoms with E-state index in [-0.39, 0.29) is 6.42 Å². The molecule has 1 aromatic carbocycles. The molecule has 0 saturated heterocycles. The number of halogens is 1. The van der Waals surface area contributed by atoms with E-state index in [9.17, 15) is 9.18 Å². The second kappa shape index (κ2) is 26.4. The molecule has 0 unspecified atom stereocenters. The van der Waals surface area contributed by atoms with Crippen molar-refractivity contribution in [3.8, 4) is 0 Å². The number of aryl methyl sites for hydroxylation is 1. The molecule has 3 rings (SSSR count). The van der Waals surface area contributed by atoms with Gasteiger partial charge >= 0.3 is 5.97 Å². The molecule has 2 aromatic rings. The van der Waals surface area contributed by atoms with E-state index in [4.69, 9.17) is 5.11 Å². The fraction of sp³-hybridized carbons (Fsp3) is 0.424. The zero-order valence-corrected chi connectivity index (χ0v) is 26.4. The fourth-order valence-corrected chi connectivity index (χ4v) is 3.21. The van der Waals surface area contributed by atoms with Crippen LogP contribution in [0.1, 0.15) is 69.7 Å². The molecule has 1 aromatic heterocycles. The molecule has 3 N–H and O–H groups in total. The summed E-state index contributed by atoms with van der Waals surface area (Å²) in [6.45, 7) is 16.8. The topological polar surface area (TPSA) is 93.6 Å².